The van der Waals surface area contributed by atoms with Crippen molar-refractivity contribution in [3.8, 4) is 5.75 Å². The summed E-state index contributed by atoms with van der Waals surface area (Å²) in [5, 5.41) is 0. The quantitative estimate of drug-likeness (QED) is 0.661. The first-order chi connectivity index (χ1) is 13.7. The zero-order chi connectivity index (χ0) is 19.5. The lowest BCUT2D eigenvalue weighted by molar-refractivity contribution is -0.132. The lowest BCUT2D eigenvalue weighted by Gasteiger charge is -2.17. The Labute approximate surface area is 165 Å². The highest BCUT2D eigenvalue weighted by molar-refractivity contribution is 5.78. The monoisotopic (exact) mass is 378 g/mol. The van der Waals surface area contributed by atoms with Crippen LogP contribution in [-0.4, -0.2) is 45.0 Å². The van der Waals surface area contributed by atoms with E-state index in [4.69, 9.17) is 9.72 Å². The van der Waals surface area contributed by atoms with Crippen molar-refractivity contribution in [2.24, 2.45) is 5.92 Å². The first-order valence-electron chi connectivity index (χ1n) is 9.92. The van der Waals surface area contributed by atoms with Crippen molar-refractivity contribution in [2.75, 3.05) is 19.7 Å². The maximum atomic E-state index is 12.6. The van der Waals surface area contributed by atoms with Gasteiger partial charge in [-0.3, -0.25) is 4.79 Å². The molecule has 0 radical (unpaired) electrons. The largest absolute Gasteiger partial charge is 0.484 e. The molecule has 28 heavy (non-hydrogen) atoms. The minimum atomic E-state index is 0.0522. The van der Waals surface area contributed by atoms with Crippen molar-refractivity contribution < 1.29 is 9.53 Å². The molecule has 1 fully saturated rings. The second-order valence-electron chi connectivity index (χ2n) is 7.37. The van der Waals surface area contributed by atoms with Gasteiger partial charge in [0.25, 0.3) is 5.91 Å². The normalized spacial score (nSPS) is 16.6. The molecule has 1 aliphatic rings. The highest BCUT2D eigenvalue weighted by Gasteiger charge is 2.28. The van der Waals surface area contributed by atoms with Crippen LogP contribution in [0.2, 0.25) is 0 Å². The predicted molar refractivity (Wildman–Crippen MR) is 108 cm³/mol. The summed E-state index contributed by atoms with van der Waals surface area (Å²) in [5.74, 6) is 2.31. The number of para-hydroxylation sites is 1. The third kappa shape index (κ3) is 3.72. The first kappa shape index (κ1) is 18.5. The van der Waals surface area contributed by atoms with Gasteiger partial charge in [0.05, 0.1) is 0 Å². The van der Waals surface area contributed by atoms with Crippen LogP contribution < -0.4 is 4.74 Å². The molecule has 146 valence electrons. The number of likely N-dealkylation sites (tertiary alicyclic amines) is 1. The van der Waals surface area contributed by atoms with E-state index in [1.54, 1.807) is 0 Å². The Morgan fingerprint density at radius 1 is 1.25 bits per heavy atom. The average molecular weight is 378 g/mol. The number of aromatic nitrogens is 3. The summed E-state index contributed by atoms with van der Waals surface area (Å²) in [6.45, 7) is 6.59. The van der Waals surface area contributed by atoms with Crippen molar-refractivity contribution >= 4 is 17.1 Å². The summed E-state index contributed by atoms with van der Waals surface area (Å²) < 4.78 is 7.91. The molecule has 0 unspecified atom stereocenters. The molecule has 1 atom stereocenters. The number of pyridine rings is 1. The smallest absolute Gasteiger partial charge is 0.260 e. The van der Waals surface area contributed by atoms with Gasteiger partial charge >= 0.3 is 0 Å². The number of rotatable bonds is 6. The molecule has 6 heteroatoms. The van der Waals surface area contributed by atoms with E-state index in [1.165, 1.54) is 0 Å². The molecule has 0 aliphatic carbocycles. The summed E-state index contributed by atoms with van der Waals surface area (Å²) in [6, 6.07) is 11.7. The Kier molecular flexibility index (Phi) is 5.28. The van der Waals surface area contributed by atoms with E-state index in [0.29, 0.717) is 5.92 Å². The highest BCUT2D eigenvalue weighted by Crippen LogP contribution is 2.23. The van der Waals surface area contributed by atoms with Gasteiger partial charge in [-0.2, -0.15) is 0 Å². The van der Waals surface area contributed by atoms with Crippen LogP contribution in [0.4, 0.5) is 0 Å². The Bertz CT molecular complexity index is 982. The van der Waals surface area contributed by atoms with Crippen molar-refractivity contribution in [1.82, 2.24) is 19.4 Å². The number of hydrogen-bond donors (Lipinski definition) is 0. The maximum absolute atomic E-state index is 12.6. The van der Waals surface area contributed by atoms with Crippen LogP contribution in [0.1, 0.15) is 24.7 Å². The molecule has 4 rings (SSSR count). The summed E-state index contributed by atoms with van der Waals surface area (Å²) in [7, 11) is 0. The van der Waals surface area contributed by atoms with E-state index in [2.05, 4.69) is 16.5 Å². The van der Waals surface area contributed by atoms with Crippen LogP contribution in [0.5, 0.6) is 5.75 Å². The van der Waals surface area contributed by atoms with Gasteiger partial charge in [0, 0.05) is 32.3 Å². The Morgan fingerprint density at radius 2 is 2.11 bits per heavy atom. The zero-order valence-corrected chi connectivity index (χ0v) is 16.5. The summed E-state index contributed by atoms with van der Waals surface area (Å²) >= 11 is 0. The molecule has 3 aromatic rings. The second-order valence-corrected chi connectivity index (χ2v) is 7.37. The molecule has 1 aliphatic heterocycles. The Balaban J connectivity index is 1.37. The third-order valence-corrected chi connectivity index (χ3v) is 5.45. The molecule has 1 saturated heterocycles. The first-order valence-corrected chi connectivity index (χ1v) is 9.92. The van der Waals surface area contributed by atoms with E-state index >= 15 is 0 Å². The maximum Gasteiger partial charge on any atom is 0.260 e. The number of ether oxygens (including phenoxy) is 1. The molecule has 3 heterocycles. The van der Waals surface area contributed by atoms with E-state index in [0.717, 1.165) is 60.8 Å². The number of carbonyl (C=O) groups excluding carboxylic acids is 1. The summed E-state index contributed by atoms with van der Waals surface area (Å²) in [5.41, 5.74) is 2.93. The van der Waals surface area contributed by atoms with E-state index < -0.39 is 0 Å². The third-order valence-electron chi connectivity index (χ3n) is 5.45. The van der Waals surface area contributed by atoms with Crippen molar-refractivity contribution in [3.05, 3.63) is 54.0 Å². The number of fused-ring (bicyclic) bond motifs is 1. The number of imidazole rings is 1. The SMILES string of the molecule is CCn1c(C[C@H]2CCN(C(=O)COc3ccccc3C)C2)nc2cccnc21. The topological polar surface area (TPSA) is 60.2 Å². The molecule has 1 amide bonds. The van der Waals surface area contributed by atoms with Crippen molar-refractivity contribution in [1.29, 1.82) is 0 Å². The second kappa shape index (κ2) is 8.00. The lowest BCUT2D eigenvalue weighted by atomic mass is 10.0. The van der Waals surface area contributed by atoms with Crippen LogP contribution in [0.15, 0.2) is 42.6 Å². The molecule has 0 saturated carbocycles. The minimum Gasteiger partial charge on any atom is -0.484 e. The number of nitrogens with zero attached hydrogens (tertiary/aromatic N) is 4. The number of aryl methyl sites for hydroxylation is 2. The fourth-order valence-corrected chi connectivity index (χ4v) is 3.93. The highest BCUT2D eigenvalue weighted by atomic mass is 16.5. The van der Waals surface area contributed by atoms with Crippen LogP contribution >= 0.6 is 0 Å². The standard InChI is InChI=1S/C22H26N4O2/c1-3-26-20(24-18-8-6-11-23-22(18)26)13-17-10-12-25(14-17)21(27)15-28-19-9-5-4-7-16(19)2/h4-9,11,17H,3,10,12-15H2,1-2H3/t17-/m1/s1. The number of benzene rings is 1. The summed E-state index contributed by atoms with van der Waals surface area (Å²) in [4.78, 5) is 23.7. The zero-order valence-electron chi connectivity index (χ0n) is 16.5. The van der Waals surface area contributed by atoms with Gasteiger partial charge in [-0.05, 0) is 49.9 Å². The van der Waals surface area contributed by atoms with Gasteiger partial charge in [0.1, 0.15) is 17.1 Å². The van der Waals surface area contributed by atoms with Gasteiger partial charge in [-0.15, -0.1) is 0 Å². The average Bonchev–Trinajstić information content (AvgIpc) is 3.31. The summed E-state index contributed by atoms with van der Waals surface area (Å²) in [6.07, 6.45) is 3.67. The fraction of sp³-hybridized carbons (Fsp3) is 0.409. The number of amides is 1. The number of hydrogen-bond acceptors (Lipinski definition) is 4. The van der Waals surface area contributed by atoms with Crippen LogP contribution in [0, 0.1) is 12.8 Å². The molecule has 6 nitrogen and oxygen atoms in total. The number of carbonyl (C=O) groups is 1. The molecule has 0 spiro atoms. The van der Waals surface area contributed by atoms with Gasteiger partial charge in [-0.25, -0.2) is 9.97 Å². The van der Waals surface area contributed by atoms with E-state index in [-0.39, 0.29) is 12.5 Å². The van der Waals surface area contributed by atoms with E-state index in [1.807, 2.05) is 54.4 Å². The lowest BCUT2D eigenvalue weighted by Crippen LogP contribution is -2.33. The molecule has 0 bridgehead atoms. The van der Waals surface area contributed by atoms with Crippen LogP contribution in [0.3, 0.4) is 0 Å². The predicted octanol–water partition coefficient (Wildman–Crippen LogP) is 3.23. The van der Waals surface area contributed by atoms with Gasteiger partial charge in [0.15, 0.2) is 12.3 Å². The fourth-order valence-electron chi connectivity index (χ4n) is 3.93. The van der Waals surface area contributed by atoms with Crippen molar-refractivity contribution in [2.45, 2.75) is 33.2 Å². The Morgan fingerprint density at radius 3 is 2.93 bits per heavy atom. The minimum absolute atomic E-state index is 0.0522. The van der Waals surface area contributed by atoms with Crippen LogP contribution in [0.25, 0.3) is 11.2 Å². The van der Waals surface area contributed by atoms with Gasteiger partial charge < -0.3 is 14.2 Å². The van der Waals surface area contributed by atoms with Gasteiger partial charge in [-0.1, -0.05) is 18.2 Å². The van der Waals surface area contributed by atoms with Crippen LogP contribution in [-0.2, 0) is 17.8 Å². The molecular weight excluding hydrogens is 352 g/mol. The van der Waals surface area contributed by atoms with Crippen molar-refractivity contribution in [3.63, 3.8) is 0 Å². The molecular formula is C22H26N4O2. The molecule has 0 N–H and O–H groups in total. The Hall–Kier alpha value is -2.89. The van der Waals surface area contributed by atoms with E-state index in [9.17, 15) is 4.79 Å². The molecule has 2 aromatic heterocycles. The molecule has 1 aromatic carbocycles. The van der Waals surface area contributed by atoms with Gasteiger partial charge in [0.2, 0.25) is 0 Å².